The van der Waals surface area contributed by atoms with Gasteiger partial charge in [-0.05, 0) is 23.3 Å². The fourth-order valence-corrected chi connectivity index (χ4v) is 1.89. The SMILES string of the molecule is NCc1ccccc1CC(=O)Nc1ccc(O)c(F)c1. The van der Waals surface area contributed by atoms with Crippen molar-refractivity contribution in [1.82, 2.24) is 0 Å². The molecule has 0 saturated carbocycles. The van der Waals surface area contributed by atoms with Gasteiger partial charge in [0.15, 0.2) is 11.6 Å². The van der Waals surface area contributed by atoms with Crippen LogP contribution in [-0.4, -0.2) is 11.0 Å². The standard InChI is InChI=1S/C15H15FN2O2/c16-13-8-12(5-6-14(13)19)18-15(20)7-10-3-1-2-4-11(10)9-17/h1-6,8,19H,7,9,17H2,(H,18,20). The lowest BCUT2D eigenvalue weighted by atomic mass is 10.0. The molecule has 104 valence electrons. The summed E-state index contributed by atoms with van der Waals surface area (Å²) in [5.41, 5.74) is 7.65. The summed E-state index contributed by atoms with van der Waals surface area (Å²) >= 11 is 0. The summed E-state index contributed by atoms with van der Waals surface area (Å²) in [6, 6.07) is 11.1. The van der Waals surface area contributed by atoms with Crippen molar-refractivity contribution in [3.8, 4) is 5.75 Å². The van der Waals surface area contributed by atoms with E-state index < -0.39 is 11.6 Å². The molecule has 2 aromatic carbocycles. The number of carbonyl (C=O) groups is 1. The van der Waals surface area contributed by atoms with Crippen LogP contribution in [0.1, 0.15) is 11.1 Å². The van der Waals surface area contributed by atoms with Crippen LogP contribution >= 0.6 is 0 Å². The average molecular weight is 274 g/mol. The van der Waals surface area contributed by atoms with Gasteiger partial charge in [0.1, 0.15) is 0 Å². The molecule has 0 radical (unpaired) electrons. The third-order valence-corrected chi connectivity index (χ3v) is 2.92. The van der Waals surface area contributed by atoms with Crippen LogP contribution in [0.3, 0.4) is 0 Å². The fraction of sp³-hybridized carbons (Fsp3) is 0.133. The molecule has 0 heterocycles. The quantitative estimate of drug-likeness (QED) is 0.748. The molecular weight excluding hydrogens is 259 g/mol. The van der Waals surface area contributed by atoms with E-state index in [9.17, 15) is 9.18 Å². The Morgan fingerprint density at radius 3 is 2.55 bits per heavy atom. The molecule has 4 nitrogen and oxygen atoms in total. The molecule has 0 aliphatic carbocycles. The van der Waals surface area contributed by atoms with Crippen LogP contribution in [0.5, 0.6) is 5.75 Å². The van der Waals surface area contributed by atoms with E-state index in [1.807, 2.05) is 24.3 Å². The second kappa shape index (κ2) is 6.16. The highest BCUT2D eigenvalue weighted by molar-refractivity contribution is 5.92. The zero-order chi connectivity index (χ0) is 14.5. The molecule has 0 aromatic heterocycles. The van der Waals surface area contributed by atoms with Crippen molar-refractivity contribution >= 4 is 11.6 Å². The molecule has 0 unspecified atom stereocenters. The average Bonchev–Trinajstić information content (AvgIpc) is 2.43. The van der Waals surface area contributed by atoms with Crippen LogP contribution in [0.25, 0.3) is 0 Å². The molecule has 0 aliphatic heterocycles. The summed E-state index contributed by atoms with van der Waals surface area (Å²) in [5.74, 6) is -1.49. The Kier molecular flexibility index (Phi) is 4.32. The first-order valence-electron chi connectivity index (χ1n) is 6.15. The third kappa shape index (κ3) is 3.33. The topological polar surface area (TPSA) is 75.4 Å². The summed E-state index contributed by atoms with van der Waals surface area (Å²) in [5, 5.41) is 11.7. The predicted molar refractivity (Wildman–Crippen MR) is 74.7 cm³/mol. The van der Waals surface area contributed by atoms with E-state index in [-0.39, 0.29) is 12.3 Å². The molecule has 0 spiro atoms. The van der Waals surface area contributed by atoms with E-state index in [1.165, 1.54) is 12.1 Å². The van der Waals surface area contributed by atoms with Crippen LogP contribution in [0.4, 0.5) is 10.1 Å². The Morgan fingerprint density at radius 1 is 1.20 bits per heavy atom. The molecule has 5 heteroatoms. The first-order chi connectivity index (χ1) is 9.60. The Morgan fingerprint density at radius 2 is 1.90 bits per heavy atom. The number of hydrogen-bond acceptors (Lipinski definition) is 3. The molecule has 4 N–H and O–H groups in total. The maximum Gasteiger partial charge on any atom is 0.228 e. The minimum Gasteiger partial charge on any atom is -0.505 e. The van der Waals surface area contributed by atoms with Crippen LogP contribution < -0.4 is 11.1 Å². The summed E-state index contributed by atoms with van der Waals surface area (Å²) in [4.78, 5) is 11.9. The van der Waals surface area contributed by atoms with Gasteiger partial charge in [0.05, 0.1) is 6.42 Å². The third-order valence-electron chi connectivity index (χ3n) is 2.92. The number of phenols is 1. The van der Waals surface area contributed by atoms with E-state index in [1.54, 1.807) is 0 Å². The number of benzene rings is 2. The molecule has 0 fully saturated rings. The van der Waals surface area contributed by atoms with Crippen LogP contribution in [0.2, 0.25) is 0 Å². The van der Waals surface area contributed by atoms with Gasteiger partial charge in [-0.3, -0.25) is 4.79 Å². The molecule has 0 atom stereocenters. The monoisotopic (exact) mass is 274 g/mol. The largest absolute Gasteiger partial charge is 0.505 e. The van der Waals surface area contributed by atoms with Crippen molar-refractivity contribution in [3.05, 3.63) is 59.4 Å². The van der Waals surface area contributed by atoms with E-state index in [0.29, 0.717) is 12.2 Å². The minimum atomic E-state index is -0.773. The van der Waals surface area contributed by atoms with Crippen molar-refractivity contribution < 1.29 is 14.3 Å². The van der Waals surface area contributed by atoms with Crippen LogP contribution in [0.15, 0.2) is 42.5 Å². The summed E-state index contributed by atoms with van der Waals surface area (Å²) in [7, 11) is 0. The van der Waals surface area contributed by atoms with E-state index in [0.717, 1.165) is 17.2 Å². The molecule has 0 saturated heterocycles. The van der Waals surface area contributed by atoms with E-state index >= 15 is 0 Å². The highest BCUT2D eigenvalue weighted by atomic mass is 19.1. The van der Waals surface area contributed by atoms with Crippen LogP contribution in [-0.2, 0) is 17.8 Å². The lowest BCUT2D eigenvalue weighted by Gasteiger charge is -2.09. The van der Waals surface area contributed by atoms with Gasteiger partial charge in [0.2, 0.25) is 5.91 Å². The van der Waals surface area contributed by atoms with Gasteiger partial charge < -0.3 is 16.2 Å². The van der Waals surface area contributed by atoms with Gasteiger partial charge in [-0.25, -0.2) is 4.39 Å². The Hall–Kier alpha value is -2.40. The summed E-state index contributed by atoms with van der Waals surface area (Å²) < 4.78 is 13.2. The maximum absolute atomic E-state index is 13.2. The number of rotatable bonds is 4. The highest BCUT2D eigenvalue weighted by Gasteiger charge is 2.08. The van der Waals surface area contributed by atoms with Crippen molar-refractivity contribution in [2.24, 2.45) is 5.73 Å². The Labute approximate surface area is 116 Å². The summed E-state index contributed by atoms with van der Waals surface area (Å²) in [6.45, 7) is 0.358. The minimum absolute atomic E-state index is 0.163. The van der Waals surface area contributed by atoms with Crippen molar-refractivity contribution in [2.75, 3.05) is 5.32 Å². The van der Waals surface area contributed by atoms with Gasteiger partial charge in [-0.2, -0.15) is 0 Å². The Bertz CT molecular complexity index is 629. The van der Waals surface area contributed by atoms with Crippen molar-refractivity contribution in [3.63, 3.8) is 0 Å². The number of amides is 1. The lowest BCUT2D eigenvalue weighted by Crippen LogP contribution is -2.16. The first kappa shape index (κ1) is 14.0. The number of carbonyl (C=O) groups excluding carboxylic acids is 1. The molecular formula is C15H15FN2O2. The van der Waals surface area contributed by atoms with Gasteiger partial charge in [-0.15, -0.1) is 0 Å². The lowest BCUT2D eigenvalue weighted by molar-refractivity contribution is -0.115. The fourth-order valence-electron chi connectivity index (χ4n) is 1.89. The van der Waals surface area contributed by atoms with E-state index in [2.05, 4.69) is 5.32 Å². The van der Waals surface area contributed by atoms with Crippen LogP contribution in [0, 0.1) is 5.82 Å². The van der Waals surface area contributed by atoms with Gasteiger partial charge in [-0.1, -0.05) is 24.3 Å². The second-order valence-electron chi connectivity index (χ2n) is 4.36. The zero-order valence-corrected chi connectivity index (χ0v) is 10.8. The highest BCUT2D eigenvalue weighted by Crippen LogP contribution is 2.19. The molecule has 1 amide bonds. The molecule has 0 aliphatic rings. The maximum atomic E-state index is 13.2. The molecule has 2 rings (SSSR count). The van der Waals surface area contributed by atoms with Gasteiger partial charge in [0, 0.05) is 18.3 Å². The van der Waals surface area contributed by atoms with Crippen molar-refractivity contribution in [2.45, 2.75) is 13.0 Å². The number of nitrogens with one attached hydrogen (secondary N) is 1. The van der Waals surface area contributed by atoms with E-state index in [4.69, 9.17) is 10.8 Å². The molecule has 2 aromatic rings. The predicted octanol–water partition coefficient (Wildman–Crippen LogP) is 2.17. The summed E-state index contributed by atoms with van der Waals surface area (Å²) in [6.07, 6.45) is 0.163. The number of halogens is 1. The zero-order valence-electron chi connectivity index (χ0n) is 10.8. The number of hydrogen-bond donors (Lipinski definition) is 3. The number of nitrogens with two attached hydrogens (primary N) is 1. The number of phenolic OH excluding ortho intramolecular Hbond substituents is 1. The normalized spacial score (nSPS) is 10.3. The number of anilines is 1. The smallest absolute Gasteiger partial charge is 0.228 e. The van der Waals surface area contributed by atoms with Gasteiger partial charge >= 0.3 is 0 Å². The van der Waals surface area contributed by atoms with Crippen molar-refractivity contribution in [1.29, 1.82) is 0 Å². The molecule has 0 bridgehead atoms. The second-order valence-corrected chi connectivity index (χ2v) is 4.36. The number of aromatic hydroxyl groups is 1. The van der Waals surface area contributed by atoms with Gasteiger partial charge in [0.25, 0.3) is 0 Å². The molecule has 20 heavy (non-hydrogen) atoms. The Balaban J connectivity index is 2.07. The first-order valence-corrected chi connectivity index (χ1v) is 6.15.